The molecule has 0 saturated carbocycles. The van der Waals surface area contributed by atoms with Crippen LogP contribution in [0.4, 0.5) is 4.79 Å². The van der Waals surface area contributed by atoms with Crippen molar-refractivity contribution in [2.75, 3.05) is 27.0 Å². The number of carbonyl (C=O) groups is 2. The number of nitrogens with zero attached hydrogens (tertiary/aromatic N) is 2. The lowest BCUT2D eigenvalue weighted by Gasteiger charge is -2.41. The highest BCUT2D eigenvalue weighted by Crippen LogP contribution is 2.44. The van der Waals surface area contributed by atoms with E-state index in [9.17, 15) is 18.0 Å². The lowest BCUT2D eigenvalue weighted by molar-refractivity contribution is -0.151. The summed E-state index contributed by atoms with van der Waals surface area (Å²) in [5.74, 6) is -1.34. The molecule has 1 amide bonds. The predicted molar refractivity (Wildman–Crippen MR) is 134 cm³/mol. The Morgan fingerprint density at radius 3 is 2.42 bits per heavy atom. The van der Waals surface area contributed by atoms with Gasteiger partial charge in [0.15, 0.2) is 0 Å². The number of rotatable bonds is 7. The van der Waals surface area contributed by atoms with Crippen LogP contribution in [0.3, 0.4) is 0 Å². The summed E-state index contributed by atoms with van der Waals surface area (Å²) in [5.41, 5.74) is 1.62. The summed E-state index contributed by atoms with van der Waals surface area (Å²) in [5, 5.41) is 0.906. The van der Waals surface area contributed by atoms with Gasteiger partial charge in [-0.3, -0.25) is 13.9 Å². The molecule has 1 aromatic heterocycles. The van der Waals surface area contributed by atoms with E-state index in [1.165, 1.54) is 18.1 Å². The Balaban J connectivity index is 2.31. The molecule has 0 radical (unpaired) electrons. The summed E-state index contributed by atoms with van der Waals surface area (Å²) in [6.45, 7) is 9.15. The van der Waals surface area contributed by atoms with E-state index in [0.717, 1.165) is 22.7 Å². The van der Waals surface area contributed by atoms with Crippen molar-refractivity contribution < 1.29 is 36.4 Å². The molecule has 0 saturated heterocycles. The Morgan fingerprint density at radius 1 is 1.22 bits per heavy atom. The summed E-state index contributed by atoms with van der Waals surface area (Å²) in [4.78, 5) is 28.1. The smallest absolute Gasteiger partial charge is 0.410 e. The molecule has 0 fully saturated rings. The maximum Gasteiger partial charge on any atom is 0.410 e. The number of carbonyl (C=O) groups excluding carboxylic acids is 2. The number of benzene rings is 1. The van der Waals surface area contributed by atoms with Gasteiger partial charge in [-0.15, -0.1) is 6.58 Å². The van der Waals surface area contributed by atoms with Crippen LogP contribution in [0.25, 0.3) is 10.9 Å². The van der Waals surface area contributed by atoms with Gasteiger partial charge < -0.3 is 18.8 Å². The number of amides is 1. The maximum absolute atomic E-state index is 13.4. The van der Waals surface area contributed by atoms with Crippen molar-refractivity contribution in [1.82, 2.24) is 9.47 Å². The van der Waals surface area contributed by atoms with Gasteiger partial charge in [0.25, 0.3) is 10.1 Å². The van der Waals surface area contributed by atoms with Gasteiger partial charge in [0.05, 0.1) is 26.5 Å². The highest BCUT2D eigenvalue weighted by molar-refractivity contribution is 7.86. The molecule has 2 aromatic rings. The molecule has 198 valence electrons. The third-order valence-corrected chi connectivity index (χ3v) is 6.66. The fraction of sp³-hybridized carbons (Fsp3) is 0.520. The van der Waals surface area contributed by atoms with E-state index in [-0.39, 0.29) is 6.54 Å². The third kappa shape index (κ3) is 5.52. The molecule has 10 nitrogen and oxygen atoms in total. The Morgan fingerprint density at radius 2 is 1.89 bits per heavy atom. The monoisotopic (exact) mass is 522 g/mol. The Kier molecular flexibility index (Phi) is 7.75. The molecule has 3 rings (SSSR count). The SMILES string of the molecule is C=CC(OS(C)(=O)=O)C(C(=O)OC)C1c2c(c3cc(OC)ccc3n2C)CCN1C(=O)OC(C)(C)C. The molecule has 0 spiro atoms. The summed E-state index contributed by atoms with van der Waals surface area (Å²) in [6.07, 6.45) is 0.655. The Bertz CT molecular complexity index is 1280. The molecule has 0 bridgehead atoms. The van der Waals surface area contributed by atoms with Crippen molar-refractivity contribution in [3.63, 3.8) is 0 Å². The number of hydrogen-bond donors (Lipinski definition) is 0. The number of aryl methyl sites for hydroxylation is 1. The van der Waals surface area contributed by atoms with Gasteiger partial charge in [-0.25, -0.2) is 4.79 Å². The molecule has 36 heavy (non-hydrogen) atoms. The van der Waals surface area contributed by atoms with Crippen molar-refractivity contribution >= 4 is 33.1 Å². The topological polar surface area (TPSA) is 113 Å². The zero-order chi connectivity index (χ0) is 27.0. The minimum Gasteiger partial charge on any atom is -0.497 e. The molecule has 0 aliphatic carbocycles. The minimum atomic E-state index is -3.99. The number of methoxy groups -OCH3 is 2. The van der Waals surface area contributed by atoms with E-state index in [4.69, 9.17) is 18.4 Å². The number of hydrogen-bond acceptors (Lipinski definition) is 8. The first-order valence-corrected chi connectivity index (χ1v) is 13.3. The van der Waals surface area contributed by atoms with Gasteiger partial charge >= 0.3 is 12.1 Å². The second-order valence-electron chi connectivity index (χ2n) is 9.72. The van der Waals surface area contributed by atoms with E-state index in [2.05, 4.69) is 6.58 Å². The van der Waals surface area contributed by atoms with Crippen molar-refractivity contribution in [2.24, 2.45) is 13.0 Å². The van der Waals surface area contributed by atoms with E-state index in [1.807, 2.05) is 29.8 Å². The van der Waals surface area contributed by atoms with Crippen LogP contribution in [0.5, 0.6) is 5.75 Å². The van der Waals surface area contributed by atoms with Crippen LogP contribution in [-0.2, 0) is 42.0 Å². The number of fused-ring (bicyclic) bond motifs is 3. The van der Waals surface area contributed by atoms with E-state index < -0.39 is 45.8 Å². The van der Waals surface area contributed by atoms with Gasteiger partial charge in [0.1, 0.15) is 23.4 Å². The van der Waals surface area contributed by atoms with E-state index in [1.54, 1.807) is 27.9 Å². The number of esters is 1. The Labute approximate surface area is 211 Å². The van der Waals surface area contributed by atoms with Crippen molar-refractivity contribution in [3.05, 3.63) is 42.1 Å². The number of aromatic nitrogens is 1. The lowest BCUT2D eigenvalue weighted by Crippen LogP contribution is -2.50. The fourth-order valence-corrected chi connectivity index (χ4v) is 5.32. The van der Waals surface area contributed by atoms with Gasteiger partial charge in [-0.05, 0) is 51.0 Å². The first-order valence-electron chi connectivity index (χ1n) is 11.5. The van der Waals surface area contributed by atoms with Crippen LogP contribution in [0.15, 0.2) is 30.9 Å². The van der Waals surface area contributed by atoms with Crippen LogP contribution in [0.1, 0.15) is 38.1 Å². The molecule has 3 atom stereocenters. The van der Waals surface area contributed by atoms with Crippen molar-refractivity contribution in [1.29, 1.82) is 0 Å². The van der Waals surface area contributed by atoms with Gasteiger partial charge in [0, 0.05) is 30.2 Å². The van der Waals surface area contributed by atoms with Crippen molar-refractivity contribution in [2.45, 2.75) is 44.9 Å². The molecule has 1 aromatic carbocycles. The highest BCUT2D eigenvalue weighted by Gasteiger charge is 2.48. The van der Waals surface area contributed by atoms with Crippen molar-refractivity contribution in [3.8, 4) is 5.75 Å². The molecular weight excluding hydrogens is 488 g/mol. The normalized spacial score (nSPS) is 17.8. The standard InChI is InChI=1S/C25H34N2O8S/c1-9-19(35-36(8,30)31)20(23(28)33-7)22-21-16(12-13-27(22)24(29)34-25(2,3)4)17-14-15(32-6)10-11-18(17)26(21)5/h9-11,14,19-20,22H,1,12-13H2,2-8H3. The summed E-state index contributed by atoms with van der Waals surface area (Å²) >= 11 is 0. The largest absolute Gasteiger partial charge is 0.497 e. The van der Waals surface area contributed by atoms with Crippen LogP contribution < -0.4 is 4.74 Å². The quantitative estimate of drug-likeness (QED) is 0.309. The molecule has 1 aliphatic rings. The summed E-state index contributed by atoms with van der Waals surface area (Å²) in [6, 6.07) is 4.65. The second kappa shape index (κ2) is 10.1. The predicted octanol–water partition coefficient (Wildman–Crippen LogP) is 3.34. The molecule has 2 heterocycles. The van der Waals surface area contributed by atoms with E-state index >= 15 is 0 Å². The van der Waals surface area contributed by atoms with Crippen LogP contribution in [0, 0.1) is 5.92 Å². The molecule has 1 aliphatic heterocycles. The summed E-state index contributed by atoms with van der Waals surface area (Å²) < 4.78 is 47.5. The highest BCUT2D eigenvalue weighted by atomic mass is 32.2. The van der Waals surface area contributed by atoms with Gasteiger partial charge in [-0.2, -0.15) is 8.42 Å². The maximum atomic E-state index is 13.4. The minimum absolute atomic E-state index is 0.221. The number of ether oxygens (including phenoxy) is 3. The van der Waals surface area contributed by atoms with Crippen LogP contribution in [-0.4, -0.2) is 68.7 Å². The molecule has 0 N–H and O–H groups in total. The van der Waals surface area contributed by atoms with E-state index in [0.29, 0.717) is 17.9 Å². The zero-order valence-corrected chi connectivity index (χ0v) is 22.5. The van der Waals surface area contributed by atoms with Crippen LogP contribution >= 0.6 is 0 Å². The fourth-order valence-electron chi connectivity index (χ4n) is 4.72. The Hall–Kier alpha value is -3.05. The first kappa shape index (κ1) is 27.5. The average Bonchev–Trinajstić information content (AvgIpc) is 3.07. The molecular formula is C25H34N2O8S. The zero-order valence-electron chi connectivity index (χ0n) is 21.7. The second-order valence-corrected chi connectivity index (χ2v) is 11.3. The average molecular weight is 523 g/mol. The van der Waals surface area contributed by atoms with Gasteiger partial charge in [0.2, 0.25) is 0 Å². The third-order valence-electron chi connectivity index (χ3n) is 6.09. The summed E-state index contributed by atoms with van der Waals surface area (Å²) in [7, 11) is 0.617. The molecule has 11 heteroatoms. The van der Waals surface area contributed by atoms with Crippen LogP contribution in [0.2, 0.25) is 0 Å². The van der Waals surface area contributed by atoms with Gasteiger partial charge in [-0.1, -0.05) is 6.08 Å². The first-order chi connectivity index (χ1) is 16.7. The molecule has 3 unspecified atom stereocenters. The lowest BCUT2D eigenvalue weighted by atomic mass is 9.85.